The molecule has 9 heteroatoms. The standard InChI is InChI=1S/C27H23FN6O2/c28-21-10-8-15(13-23-18-6-1-2-7-19(18)25(35)34-33-23)12-20(21)16-9-11-22-24(14-16)31-26(30-22)32-27(36)29-17-4-3-5-17/h1-2,6-12,14,17H,3-5,13H2,(H,34,35)(H3,29,30,31,32,36). The monoisotopic (exact) mass is 482 g/mol. The van der Waals surface area contributed by atoms with E-state index < -0.39 is 0 Å². The fourth-order valence-corrected chi connectivity index (χ4v) is 4.52. The van der Waals surface area contributed by atoms with E-state index >= 15 is 0 Å². The molecule has 0 bridgehead atoms. The van der Waals surface area contributed by atoms with Crippen molar-refractivity contribution in [1.29, 1.82) is 0 Å². The van der Waals surface area contributed by atoms with Gasteiger partial charge >= 0.3 is 6.03 Å². The smallest absolute Gasteiger partial charge is 0.321 e. The van der Waals surface area contributed by atoms with E-state index in [0.717, 1.165) is 35.7 Å². The van der Waals surface area contributed by atoms with Gasteiger partial charge in [0.15, 0.2) is 0 Å². The number of aromatic nitrogens is 4. The van der Waals surface area contributed by atoms with Crippen LogP contribution in [0.25, 0.3) is 32.9 Å². The van der Waals surface area contributed by atoms with Gasteiger partial charge in [-0.3, -0.25) is 10.1 Å². The van der Waals surface area contributed by atoms with Gasteiger partial charge < -0.3 is 10.3 Å². The van der Waals surface area contributed by atoms with Gasteiger partial charge in [0.2, 0.25) is 5.95 Å². The van der Waals surface area contributed by atoms with E-state index in [-0.39, 0.29) is 23.4 Å². The molecule has 0 spiro atoms. The van der Waals surface area contributed by atoms with Gasteiger partial charge in [0.05, 0.1) is 22.1 Å². The van der Waals surface area contributed by atoms with E-state index in [1.165, 1.54) is 6.07 Å². The summed E-state index contributed by atoms with van der Waals surface area (Å²) in [5, 5.41) is 13.8. The molecule has 4 N–H and O–H groups in total. The number of aromatic amines is 2. The minimum absolute atomic E-state index is 0.223. The zero-order valence-electron chi connectivity index (χ0n) is 19.3. The van der Waals surface area contributed by atoms with Crippen molar-refractivity contribution in [3.63, 3.8) is 0 Å². The molecule has 2 heterocycles. The number of anilines is 1. The number of fused-ring (bicyclic) bond motifs is 2. The average molecular weight is 483 g/mol. The molecule has 1 aliphatic carbocycles. The molecule has 0 saturated heterocycles. The van der Waals surface area contributed by atoms with Gasteiger partial charge in [0, 0.05) is 23.4 Å². The van der Waals surface area contributed by atoms with Gasteiger partial charge in [-0.25, -0.2) is 19.3 Å². The average Bonchev–Trinajstić information content (AvgIpc) is 3.26. The summed E-state index contributed by atoms with van der Waals surface area (Å²) < 4.78 is 14.9. The zero-order valence-corrected chi connectivity index (χ0v) is 19.3. The Kier molecular flexibility index (Phi) is 5.44. The van der Waals surface area contributed by atoms with Crippen molar-refractivity contribution in [2.24, 2.45) is 0 Å². The molecule has 36 heavy (non-hydrogen) atoms. The minimum atomic E-state index is -0.355. The second-order valence-electron chi connectivity index (χ2n) is 9.08. The zero-order chi connectivity index (χ0) is 24.6. The Hall–Kier alpha value is -4.53. The van der Waals surface area contributed by atoms with Crippen molar-refractivity contribution in [1.82, 2.24) is 25.5 Å². The predicted molar refractivity (Wildman–Crippen MR) is 136 cm³/mol. The Morgan fingerprint density at radius 1 is 1.06 bits per heavy atom. The molecule has 8 nitrogen and oxygen atoms in total. The summed E-state index contributed by atoms with van der Waals surface area (Å²) in [6.45, 7) is 0. The molecule has 1 aliphatic rings. The molecule has 3 aromatic carbocycles. The van der Waals surface area contributed by atoms with Crippen LogP contribution in [0.2, 0.25) is 0 Å². The third-order valence-corrected chi connectivity index (χ3v) is 6.64. The van der Waals surface area contributed by atoms with Crippen LogP contribution in [-0.4, -0.2) is 32.2 Å². The number of urea groups is 1. The molecule has 1 fully saturated rings. The lowest BCUT2D eigenvalue weighted by molar-refractivity contribution is 0.240. The van der Waals surface area contributed by atoms with E-state index in [2.05, 4.69) is 30.8 Å². The number of nitrogens with one attached hydrogen (secondary N) is 4. The van der Waals surface area contributed by atoms with Crippen LogP contribution in [0, 0.1) is 5.82 Å². The van der Waals surface area contributed by atoms with E-state index in [1.54, 1.807) is 24.3 Å². The van der Waals surface area contributed by atoms with Crippen molar-refractivity contribution in [2.45, 2.75) is 31.7 Å². The first-order chi connectivity index (χ1) is 17.5. The highest BCUT2D eigenvalue weighted by Gasteiger charge is 2.20. The van der Waals surface area contributed by atoms with E-state index in [9.17, 15) is 14.0 Å². The third-order valence-electron chi connectivity index (χ3n) is 6.64. The normalized spacial score (nSPS) is 13.6. The van der Waals surface area contributed by atoms with Crippen LogP contribution in [0.5, 0.6) is 0 Å². The number of H-pyrrole nitrogens is 2. The maximum absolute atomic E-state index is 14.9. The van der Waals surface area contributed by atoms with Crippen LogP contribution in [0.15, 0.2) is 65.5 Å². The van der Waals surface area contributed by atoms with E-state index in [4.69, 9.17) is 0 Å². The van der Waals surface area contributed by atoms with Gasteiger partial charge in [-0.15, -0.1) is 0 Å². The lowest BCUT2D eigenvalue weighted by Gasteiger charge is -2.26. The predicted octanol–water partition coefficient (Wildman–Crippen LogP) is 4.87. The maximum Gasteiger partial charge on any atom is 0.321 e. The van der Waals surface area contributed by atoms with Crippen molar-refractivity contribution in [2.75, 3.05) is 5.32 Å². The van der Waals surface area contributed by atoms with Gasteiger partial charge in [0.1, 0.15) is 5.82 Å². The van der Waals surface area contributed by atoms with Gasteiger partial charge in [-0.2, -0.15) is 5.10 Å². The topological polar surface area (TPSA) is 116 Å². The molecule has 0 radical (unpaired) electrons. The van der Waals surface area contributed by atoms with E-state index in [0.29, 0.717) is 40.1 Å². The summed E-state index contributed by atoms with van der Waals surface area (Å²) in [4.78, 5) is 31.8. The van der Waals surface area contributed by atoms with E-state index in [1.807, 2.05) is 30.3 Å². The number of nitrogens with zero attached hydrogens (tertiary/aromatic N) is 2. The number of halogens is 1. The number of imidazole rings is 1. The number of rotatable bonds is 5. The molecule has 2 amide bonds. The minimum Gasteiger partial charge on any atom is -0.335 e. The van der Waals surface area contributed by atoms with Crippen molar-refractivity contribution in [3.05, 3.63) is 88.1 Å². The Bertz CT molecular complexity index is 1670. The fourth-order valence-electron chi connectivity index (χ4n) is 4.52. The SMILES string of the molecule is O=C(Nc1nc2cc(-c3cc(Cc4n[nH]c(=O)c5ccccc45)ccc3F)ccc2[nH]1)NC1CCC1. The molecule has 1 saturated carbocycles. The van der Waals surface area contributed by atoms with Crippen LogP contribution in [0.4, 0.5) is 15.1 Å². The highest BCUT2D eigenvalue weighted by atomic mass is 19.1. The maximum atomic E-state index is 14.9. The highest BCUT2D eigenvalue weighted by Crippen LogP contribution is 2.29. The van der Waals surface area contributed by atoms with Crippen LogP contribution >= 0.6 is 0 Å². The molecule has 0 atom stereocenters. The molecule has 180 valence electrons. The van der Waals surface area contributed by atoms with Crippen molar-refractivity contribution < 1.29 is 9.18 Å². The van der Waals surface area contributed by atoms with Crippen LogP contribution < -0.4 is 16.2 Å². The largest absolute Gasteiger partial charge is 0.335 e. The Labute approximate surface area is 205 Å². The first-order valence-corrected chi connectivity index (χ1v) is 11.9. The number of benzene rings is 3. The second-order valence-corrected chi connectivity index (χ2v) is 9.08. The molecular weight excluding hydrogens is 459 g/mol. The molecule has 0 unspecified atom stereocenters. The molecule has 5 aromatic rings. The van der Waals surface area contributed by atoms with Crippen LogP contribution in [-0.2, 0) is 6.42 Å². The number of carbonyl (C=O) groups excluding carboxylic acids is 1. The van der Waals surface area contributed by atoms with Crippen molar-refractivity contribution in [3.8, 4) is 11.1 Å². The summed E-state index contributed by atoms with van der Waals surface area (Å²) in [6, 6.07) is 17.6. The van der Waals surface area contributed by atoms with Crippen LogP contribution in [0.3, 0.4) is 0 Å². The Morgan fingerprint density at radius 2 is 1.89 bits per heavy atom. The number of hydrogen-bond acceptors (Lipinski definition) is 4. The molecule has 2 aromatic heterocycles. The summed E-state index contributed by atoms with van der Waals surface area (Å²) >= 11 is 0. The molecular formula is C27H23FN6O2. The number of carbonyl (C=O) groups is 1. The highest BCUT2D eigenvalue weighted by molar-refractivity contribution is 5.91. The Balaban J connectivity index is 1.28. The first-order valence-electron chi connectivity index (χ1n) is 11.9. The fraction of sp³-hybridized carbons (Fsp3) is 0.185. The van der Waals surface area contributed by atoms with Crippen LogP contribution in [0.1, 0.15) is 30.5 Å². The summed E-state index contributed by atoms with van der Waals surface area (Å²) in [7, 11) is 0. The van der Waals surface area contributed by atoms with Gasteiger partial charge in [0.25, 0.3) is 5.56 Å². The second kappa shape index (κ2) is 8.92. The first kappa shape index (κ1) is 22.0. The quantitative estimate of drug-likeness (QED) is 0.286. The van der Waals surface area contributed by atoms with Gasteiger partial charge in [-0.1, -0.05) is 30.3 Å². The van der Waals surface area contributed by atoms with Gasteiger partial charge in [-0.05, 0) is 60.7 Å². The number of hydrogen-bond donors (Lipinski definition) is 4. The Morgan fingerprint density at radius 3 is 2.69 bits per heavy atom. The lowest BCUT2D eigenvalue weighted by atomic mass is 9.93. The summed E-state index contributed by atoms with van der Waals surface area (Å²) in [6.07, 6.45) is 3.56. The van der Waals surface area contributed by atoms with Crippen molar-refractivity contribution >= 4 is 33.8 Å². The third kappa shape index (κ3) is 4.19. The summed E-state index contributed by atoms with van der Waals surface area (Å²) in [5.74, 6) is -0.0182. The molecule has 0 aliphatic heterocycles. The number of amides is 2. The molecule has 6 rings (SSSR count). The lowest BCUT2D eigenvalue weighted by Crippen LogP contribution is -2.42. The summed E-state index contributed by atoms with van der Waals surface area (Å²) in [5.41, 5.74) is 3.77.